The molecule has 2 heterocycles. The molecule has 3 fully saturated rings. The van der Waals surface area contributed by atoms with Crippen LogP contribution in [0, 0.1) is 17.8 Å². The Morgan fingerprint density at radius 3 is 2.63 bits per heavy atom. The van der Waals surface area contributed by atoms with Crippen molar-refractivity contribution < 1.29 is 9.59 Å². The van der Waals surface area contributed by atoms with Crippen LogP contribution in [0.25, 0.3) is 0 Å². The lowest BCUT2D eigenvalue weighted by Crippen LogP contribution is -2.68. The predicted molar refractivity (Wildman–Crippen MR) is 115 cm³/mol. The Morgan fingerprint density at radius 1 is 1.00 bits per heavy atom. The molecule has 2 aromatic rings. The standard InChI is InChI=1S/C25H27N3O2/c29-23-20-7-3-4-8-22(20)26-25(27-23)14-17-9-10-19(25)13-21(17)24(30)28-12-11-16-5-1-2-6-18(16)15-28/h1-8,17,19,21,26H,9-15H2,(H,27,29)/t17-,19+,21+,25-/m1/s1. The Hall–Kier alpha value is -2.82. The fourth-order valence-electron chi connectivity index (χ4n) is 6.36. The Balaban J connectivity index is 1.22. The highest BCUT2D eigenvalue weighted by molar-refractivity contribution is 6.02. The monoisotopic (exact) mass is 401 g/mol. The number of fused-ring (bicyclic) bond motifs is 4. The summed E-state index contributed by atoms with van der Waals surface area (Å²) >= 11 is 0. The van der Waals surface area contributed by atoms with Crippen molar-refractivity contribution in [2.45, 2.75) is 44.3 Å². The summed E-state index contributed by atoms with van der Waals surface area (Å²) in [7, 11) is 0. The third kappa shape index (κ3) is 2.68. The Labute approximate surface area is 176 Å². The first-order chi connectivity index (χ1) is 14.6. The van der Waals surface area contributed by atoms with Gasteiger partial charge in [0.15, 0.2) is 0 Å². The third-order valence-electron chi connectivity index (χ3n) is 7.90. The maximum atomic E-state index is 13.5. The molecule has 0 radical (unpaired) electrons. The van der Waals surface area contributed by atoms with Crippen LogP contribution in [-0.4, -0.2) is 28.9 Å². The number of nitrogens with one attached hydrogen (secondary N) is 2. The second-order valence-corrected chi connectivity index (χ2v) is 9.46. The van der Waals surface area contributed by atoms with E-state index in [1.54, 1.807) is 0 Å². The highest BCUT2D eigenvalue weighted by Gasteiger charge is 2.55. The zero-order valence-electron chi connectivity index (χ0n) is 17.1. The average molecular weight is 402 g/mol. The van der Waals surface area contributed by atoms with Crippen molar-refractivity contribution in [3.8, 4) is 0 Å². The minimum atomic E-state index is -0.403. The molecule has 4 atom stereocenters. The van der Waals surface area contributed by atoms with Crippen molar-refractivity contribution in [3.63, 3.8) is 0 Å². The SMILES string of the molecule is O=C1N[C@@]2(C[C@H]3CC[C@H]2C[C@@H]3C(=O)N2CCc3ccccc3C2)Nc2ccccc21. The number of carbonyl (C=O) groups is 2. The van der Waals surface area contributed by atoms with Crippen LogP contribution in [0.1, 0.15) is 47.2 Å². The summed E-state index contributed by atoms with van der Waals surface area (Å²) in [4.78, 5) is 28.4. The van der Waals surface area contributed by atoms with E-state index in [2.05, 4.69) is 39.8 Å². The molecular weight excluding hydrogens is 374 g/mol. The zero-order valence-corrected chi connectivity index (χ0v) is 17.1. The zero-order chi connectivity index (χ0) is 20.3. The maximum absolute atomic E-state index is 13.5. The number of nitrogens with zero attached hydrogens (tertiary/aromatic N) is 1. The normalized spacial score (nSPS) is 31.5. The van der Waals surface area contributed by atoms with Gasteiger partial charge in [-0.1, -0.05) is 36.4 Å². The van der Waals surface area contributed by atoms with Gasteiger partial charge in [-0.05, 0) is 61.3 Å². The molecule has 0 aromatic heterocycles. The van der Waals surface area contributed by atoms with E-state index in [1.807, 2.05) is 24.3 Å². The molecule has 2 amide bonds. The van der Waals surface area contributed by atoms with E-state index in [-0.39, 0.29) is 17.7 Å². The Kier molecular flexibility index (Phi) is 3.95. The second kappa shape index (κ2) is 6.59. The number of carbonyl (C=O) groups excluding carboxylic acids is 2. The number of amides is 2. The van der Waals surface area contributed by atoms with E-state index in [0.29, 0.717) is 17.4 Å². The number of rotatable bonds is 1. The molecule has 5 aliphatic rings. The lowest BCUT2D eigenvalue weighted by Gasteiger charge is -2.56. The summed E-state index contributed by atoms with van der Waals surface area (Å²) in [6, 6.07) is 16.2. The molecule has 30 heavy (non-hydrogen) atoms. The summed E-state index contributed by atoms with van der Waals surface area (Å²) in [6.07, 6.45) is 4.77. The third-order valence-corrected chi connectivity index (χ3v) is 7.90. The van der Waals surface area contributed by atoms with E-state index >= 15 is 0 Å². The number of benzene rings is 2. The number of anilines is 1. The first-order valence-corrected chi connectivity index (χ1v) is 11.2. The number of hydrogen-bond donors (Lipinski definition) is 2. The lowest BCUT2D eigenvalue weighted by atomic mass is 9.58. The van der Waals surface area contributed by atoms with Gasteiger partial charge >= 0.3 is 0 Å². The van der Waals surface area contributed by atoms with Gasteiger partial charge in [-0.2, -0.15) is 0 Å². The fraction of sp³-hybridized carbons (Fsp3) is 0.440. The molecule has 154 valence electrons. The van der Waals surface area contributed by atoms with Crippen LogP contribution in [0.5, 0.6) is 0 Å². The van der Waals surface area contributed by atoms with E-state index in [1.165, 1.54) is 11.1 Å². The van der Waals surface area contributed by atoms with Crippen LogP contribution in [0.4, 0.5) is 5.69 Å². The molecule has 2 aliphatic heterocycles. The van der Waals surface area contributed by atoms with Crippen molar-refractivity contribution in [1.82, 2.24) is 10.2 Å². The summed E-state index contributed by atoms with van der Waals surface area (Å²) in [5, 5.41) is 6.97. The van der Waals surface area contributed by atoms with Crippen molar-refractivity contribution in [1.29, 1.82) is 0 Å². The molecule has 2 aromatic carbocycles. The van der Waals surface area contributed by atoms with Gasteiger partial charge in [0.25, 0.3) is 5.91 Å². The van der Waals surface area contributed by atoms with Crippen LogP contribution in [-0.2, 0) is 17.8 Å². The van der Waals surface area contributed by atoms with Gasteiger partial charge < -0.3 is 15.5 Å². The van der Waals surface area contributed by atoms with Gasteiger partial charge in [0.2, 0.25) is 5.91 Å². The van der Waals surface area contributed by atoms with Crippen LogP contribution in [0.3, 0.4) is 0 Å². The van der Waals surface area contributed by atoms with Crippen LogP contribution < -0.4 is 10.6 Å². The van der Waals surface area contributed by atoms with Gasteiger partial charge in [-0.15, -0.1) is 0 Å². The van der Waals surface area contributed by atoms with Gasteiger partial charge in [0, 0.05) is 30.6 Å². The van der Waals surface area contributed by atoms with Crippen LogP contribution >= 0.6 is 0 Å². The van der Waals surface area contributed by atoms with Gasteiger partial charge in [-0.25, -0.2) is 0 Å². The lowest BCUT2D eigenvalue weighted by molar-refractivity contribution is -0.144. The first kappa shape index (κ1) is 18.0. The quantitative estimate of drug-likeness (QED) is 0.768. The van der Waals surface area contributed by atoms with Gasteiger partial charge in [0.1, 0.15) is 5.66 Å². The minimum absolute atomic E-state index is 0.00686. The molecule has 2 bridgehead atoms. The van der Waals surface area contributed by atoms with Crippen LogP contribution in [0.15, 0.2) is 48.5 Å². The Bertz CT molecular complexity index is 1030. The van der Waals surface area contributed by atoms with Gasteiger partial charge in [0.05, 0.1) is 5.56 Å². The molecule has 2 N–H and O–H groups in total. The number of hydrogen-bond acceptors (Lipinski definition) is 3. The highest BCUT2D eigenvalue weighted by atomic mass is 16.2. The smallest absolute Gasteiger partial charge is 0.255 e. The predicted octanol–water partition coefficient (Wildman–Crippen LogP) is 3.56. The average Bonchev–Trinajstić information content (AvgIpc) is 2.78. The molecule has 3 saturated carbocycles. The van der Waals surface area contributed by atoms with Gasteiger partial charge in [-0.3, -0.25) is 9.59 Å². The van der Waals surface area contributed by atoms with E-state index in [4.69, 9.17) is 0 Å². The van der Waals surface area contributed by atoms with Crippen molar-refractivity contribution in [3.05, 3.63) is 65.2 Å². The van der Waals surface area contributed by atoms with E-state index < -0.39 is 5.66 Å². The number of para-hydroxylation sites is 1. The summed E-state index contributed by atoms with van der Waals surface area (Å²) in [5.74, 6) is 1.00. The summed E-state index contributed by atoms with van der Waals surface area (Å²) in [6.45, 7) is 1.55. The molecule has 0 unspecified atom stereocenters. The molecule has 0 saturated heterocycles. The molecule has 7 rings (SSSR count). The molecule has 5 nitrogen and oxygen atoms in total. The van der Waals surface area contributed by atoms with Crippen molar-refractivity contribution >= 4 is 17.5 Å². The molecule has 1 spiro atoms. The van der Waals surface area contributed by atoms with Crippen molar-refractivity contribution in [2.24, 2.45) is 17.8 Å². The van der Waals surface area contributed by atoms with Crippen molar-refractivity contribution in [2.75, 3.05) is 11.9 Å². The highest BCUT2D eigenvalue weighted by Crippen LogP contribution is 2.52. The largest absolute Gasteiger partial charge is 0.362 e. The topological polar surface area (TPSA) is 61.4 Å². The van der Waals surface area contributed by atoms with E-state index in [9.17, 15) is 9.59 Å². The molecular formula is C25H27N3O2. The molecule has 5 heteroatoms. The molecule has 3 aliphatic carbocycles. The minimum Gasteiger partial charge on any atom is -0.362 e. The summed E-state index contributed by atoms with van der Waals surface area (Å²) in [5.41, 5.74) is 3.89. The summed E-state index contributed by atoms with van der Waals surface area (Å²) < 4.78 is 0. The maximum Gasteiger partial charge on any atom is 0.255 e. The van der Waals surface area contributed by atoms with E-state index in [0.717, 1.165) is 50.9 Å². The second-order valence-electron chi connectivity index (χ2n) is 9.46. The fourth-order valence-corrected chi connectivity index (χ4v) is 6.36. The Morgan fingerprint density at radius 2 is 1.80 bits per heavy atom. The van der Waals surface area contributed by atoms with Crippen LogP contribution in [0.2, 0.25) is 0 Å². The first-order valence-electron chi connectivity index (χ1n) is 11.2.